The molecule has 0 radical (unpaired) electrons. The fourth-order valence-corrected chi connectivity index (χ4v) is 4.37. The van der Waals surface area contributed by atoms with Gasteiger partial charge in [0.25, 0.3) is 0 Å². The number of aryl methyl sites for hydroxylation is 4. The number of ketones is 2. The van der Waals surface area contributed by atoms with E-state index in [0.717, 1.165) is 51.8 Å². The Hall–Kier alpha value is -4.56. The Bertz CT molecular complexity index is 1480. The van der Waals surface area contributed by atoms with E-state index >= 15 is 0 Å². The van der Waals surface area contributed by atoms with E-state index in [-0.39, 0.29) is 19.0 Å². The zero-order valence-corrected chi connectivity index (χ0v) is 23.8. The quantitative estimate of drug-likeness (QED) is 0.186. The number of carbonyl (C=O) groups is 2. The van der Waals surface area contributed by atoms with Crippen LogP contribution < -0.4 is 0 Å². The van der Waals surface area contributed by atoms with Crippen molar-refractivity contribution in [3.05, 3.63) is 159 Å². The molecule has 2 heteroatoms. The van der Waals surface area contributed by atoms with Gasteiger partial charge in [0.2, 0.25) is 0 Å². The van der Waals surface area contributed by atoms with Crippen LogP contribution in [0.25, 0.3) is 18.2 Å². The first-order chi connectivity index (χ1) is 19.3. The highest BCUT2D eigenvalue weighted by Gasteiger charge is 2.22. The van der Waals surface area contributed by atoms with Crippen molar-refractivity contribution in [3.8, 4) is 0 Å². The predicted octanol–water partition coefficient (Wildman–Crippen LogP) is 9.97. The highest BCUT2D eigenvalue weighted by Crippen LogP contribution is 2.29. The Morgan fingerprint density at radius 1 is 0.537 bits per heavy atom. The van der Waals surface area contributed by atoms with Gasteiger partial charge in [0, 0.05) is 16.7 Å². The van der Waals surface area contributed by atoms with Crippen LogP contribution in [0.5, 0.6) is 0 Å². The summed E-state index contributed by atoms with van der Waals surface area (Å²) in [7, 11) is 0. The summed E-state index contributed by atoms with van der Waals surface area (Å²) in [6.07, 6.45) is 9.20. The lowest BCUT2D eigenvalue weighted by atomic mass is 10.1. The number of hydrogen-bond acceptors (Lipinski definition) is 2. The molecule has 2 nitrogen and oxygen atoms in total. The molecule has 0 aromatic heterocycles. The molecule has 0 heterocycles. The molecule has 4 aromatic carbocycles. The van der Waals surface area contributed by atoms with Crippen LogP contribution in [-0.2, 0) is 4.79 Å². The first-order valence-electron chi connectivity index (χ1n) is 13.7. The van der Waals surface area contributed by atoms with Gasteiger partial charge in [-0.1, -0.05) is 133 Å². The number of rotatable bonds is 5. The maximum absolute atomic E-state index is 12.5. The number of hydrogen-bond donors (Lipinski definition) is 0. The van der Waals surface area contributed by atoms with Crippen molar-refractivity contribution >= 4 is 29.8 Å². The van der Waals surface area contributed by atoms with Crippen molar-refractivity contribution in [3.63, 3.8) is 0 Å². The maximum atomic E-state index is 12.5. The van der Waals surface area contributed by atoms with Crippen molar-refractivity contribution < 1.29 is 9.59 Å². The van der Waals surface area contributed by atoms with Crippen molar-refractivity contribution in [1.82, 2.24) is 0 Å². The third kappa shape index (κ3) is 9.25. The van der Waals surface area contributed by atoms with Gasteiger partial charge in [0.1, 0.15) is 0 Å². The molecule has 5 rings (SSSR count). The van der Waals surface area contributed by atoms with Crippen LogP contribution in [0.1, 0.15) is 69.6 Å². The van der Waals surface area contributed by atoms with Crippen LogP contribution in [0.15, 0.2) is 114 Å². The molecule has 0 amide bonds. The van der Waals surface area contributed by atoms with Crippen molar-refractivity contribution in [2.24, 2.45) is 0 Å². The maximum Gasteiger partial charge on any atom is 0.185 e. The molecule has 1 fully saturated rings. The minimum absolute atomic E-state index is 0. The Morgan fingerprint density at radius 2 is 0.878 bits per heavy atom. The van der Waals surface area contributed by atoms with E-state index in [2.05, 4.69) is 62.4 Å². The molecule has 208 valence electrons. The predicted molar refractivity (Wildman–Crippen MR) is 175 cm³/mol. The summed E-state index contributed by atoms with van der Waals surface area (Å²) >= 11 is 0. The SMILES string of the molecule is C.Cc1ccc(/C=C2\CC/C(=C\c3ccc(C)cc3)C2=O)cc1.Cc1ccc(C=CC(=O)c2ccc(C)cc2)cc1. The molecular weight excluding hydrogens is 500 g/mol. The Kier molecular flexibility index (Phi) is 11.1. The molecule has 0 unspecified atom stereocenters. The normalized spacial score (nSPS) is 14.6. The first-order valence-corrected chi connectivity index (χ1v) is 13.7. The third-order valence-electron chi connectivity index (χ3n) is 6.92. The van der Waals surface area contributed by atoms with Crippen molar-refractivity contribution in [1.29, 1.82) is 0 Å². The van der Waals surface area contributed by atoms with E-state index in [4.69, 9.17) is 0 Å². The zero-order valence-electron chi connectivity index (χ0n) is 23.8. The summed E-state index contributed by atoms with van der Waals surface area (Å²) in [4.78, 5) is 24.4. The van der Waals surface area contributed by atoms with E-state index in [1.54, 1.807) is 6.08 Å². The van der Waals surface area contributed by atoms with E-state index in [0.29, 0.717) is 0 Å². The average Bonchev–Trinajstić information content (AvgIpc) is 3.29. The highest BCUT2D eigenvalue weighted by molar-refractivity contribution is 6.15. The van der Waals surface area contributed by atoms with Crippen molar-refractivity contribution in [2.45, 2.75) is 48.0 Å². The second-order valence-electron chi connectivity index (χ2n) is 10.5. The smallest absolute Gasteiger partial charge is 0.185 e. The highest BCUT2D eigenvalue weighted by atomic mass is 16.1. The lowest BCUT2D eigenvalue weighted by molar-refractivity contribution is -0.111. The largest absolute Gasteiger partial charge is 0.289 e. The fourth-order valence-electron chi connectivity index (χ4n) is 4.37. The Morgan fingerprint density at radius 3 is 1.27 bits per heavy atom. The monoisotopic (exact) mass is 540 g/mol. The van der Waals surface area contributed by atoms with Gasteiger partial charge in [-0.2, -0.15) is 0 Å². The van der Waals surface area contributed by atoms with Gasteiger partial charge in [-0.05, 0) is 75.5 Å². The van der Waals surface area contributed by atoms with Crippen molar-refractivity contribution in [2.75, 3.05) is 0 Å². The van der Waals surface area contributed by atoms with Gasteiger partial charge in [-0.15, -0.1) is 0 Å². The fraction of sp³-hybridized carbons (Fsp3) is 0.179. The molecule has 4 aromatic rings. The number of carbonyl (C=O) groups excluding carboxylic acids is 2. The molecule has 0 aliphatic heterocycles. The Labute approximate surface area is 245 Å². The first kappa shape index (κ1) is 31.0. The third-order valence-corrected chi connectivity index (χ3v) is 6.92. The second kappa shape index (κ2) is 14.7. The molecule has 0 spiro atoms. The molecular formula is C39H40O2. The summed E-state index contributed by atoms with van der Waals surface area (Å²) in [5.41, 5.74) is 10.7. The lowest BCUT2D eigenvalue weighted by Gasteiger charge is -1.99. The topological polar surface area (TPSA) is 34.1 Å². The summed E-state index contributed by atoms with van der Waals surface area (Å²) in [5.74, 6) is 0.233. The van der Waals surface area contributed by atoms with Crippen LogP contribution in [0.3, 0.4) is 0 Å². The number of Topliss-reactive ketones (excluding diaryl/α,β-unsaturated/α-hetero) is 1. The standard InChI is InChI=1S/C21H20O.C17H16O.CH4/c1-15-3-7-17(8-4-15)13-19-11-12-20(21(19)22)14-18-9-5-16(2)6-10-18;1-13-3-7-15(8-4-13)9-12-17(18)16-10-5-14(2)6-11-16;/h3-10,13-14H,11-12H2,1-2H3;3-12H,1-2H3;1H4/b19-13+,20-14+;;. The zero-order chi connectivity index (χ0) is 28.5. The molecule has 0 bridgehead atoms. The Balaban J connectivity index is 0.000000225. The number of benzene rings is 4. The van der Waals surface area contributed by atoms with Crippen LogP contribution in [0.2, 0.25) is 0 Å². The van der Waals surface area contributed by atoms with Crippen LogP contribution in [-0.4, -0.2) is 11.6 Å². The van der Waals surface area contributed by atoms with E-state index in [1.165, 1.54) is 16.7 Å². The molecule has 0 saturated heterocycles. The summed E-state index contributed by atoms with van der Waals surface area (Å²) in [6.45, 7) is 8.20. The molecule has 1 aliphatic rings. The van der Waals surface area contributed by atoms with E-state index in [1.807, 2.05) is 80.6 Å². The van der Waals surface area contributed by atoms with Crippen LogP contribution in [0.4, 0.5) is 0 Å². The van der Waals surface area contributed by atoms with Gasteiger partial charge in [-0.3, -0.25) is 9.59 Å². The van der Waals surface area contributed by atoms with Gasteiger partial charge in [0.15, 0.2) is 11.6 Å². The minimum Gasteiger partial charge on any atom is -0.289 e. The van der Waals surface area contributed by atoms with Gasteiger partial charge >= 0.3 is 0 Å². The summed E-state index contributed by atoms with van der Waals surface area (Å²) in [6, 6.07) is 32.3. The molecule has 1 aliphatic carbocycles. The van der Waals surface area contributed by atoms with E-state index < -0.39 is 0 Å². The minimum atomic E-state index is 0. The number of allylic oxidation sites excluding steroid dienone is 3. The second-order valence-corrected chi connectivity index (χ2v) is 10.5. The molecule has 1 saturated carbocycles. The molecule has 0 atom stereocenters. The van der Waals surface area contributed by atoms with Crippen LogP contribution in [0, 0.1) is 27.7 Å². The van der Waals surface area contributed by atoms with Gasteiger partial charge in [0.05, 0.1) is 0 Å². The molecule has 0 N–H and O–H groups in total. The van der Waals surface area contributed by atoms with Gasteiger partial charge < -0.3 is 0 Å². The summed E-state index contributed by atoms with van der Waals surface area (Å²) in [5, 5.41) is 0. The van der Waals surface area contributed by atoms with E-state index in [9.17, 15) is 9.59 Å². The summed E-state index contributed by atoms with van der Waals surface area (Å²) < 4.78 is 0. The molecule has 41 heavy (non-hydrogen) atoms. The average molecular weight is 541 g/mol. The van der Waals surface area contributed by atoms with Crippen LogP contribution >= 0.6 is 0 Å². The van der Waals surface area contributed by atoms with Gasteiger partial charge in [-0.25, -0.2) is 0 Å². The lowest BCUT2D eigenvalue weighted by Crippen LogP contribution is -1.95.